The van der Waals surface area contributed by atoms with Gasteiger partial charge < -0.3 is 5.32 Å². The fourth-order valence-electron chi connectivity index (χ4n) is 4.05. The number of rotatable bonds is 4. The Kier molecular flexibility index (Phi) is 5.63. The lowest BCUT2D eigenvalue weighted by molar-refractivity contribution is -0.120. The number of benzene rings is 3. The molecule has 0 aliphatic carbocycles. The van der Waals surface area contributed by atoms with E-state index in [4.69, 9.17) is 11.6 Å². The average molecular weight is 486 g/mol. The maximum absolute atomic E-state index is 13.0. The largest absolute Gasteiger partial charge is 0.302 e. The van der Waals surface area contributed by atoms with E-state index in [1.807, 2.05) is 36.4 Å². The van der Waals surface area contributed by atoms with Gasteiger partial charge in [0, 0.05) is 23.5 Å². The molecule has 0 spiro atoms. The van der Waals surface area contributed by atoms with Gasteiger partial charge in [-0.15, -0.1) is 0 Å². The Bertz CT molecular complexity index is 1420. The molecule has 3 aromatic carbocycles. The van der Waals surface area contributed by atoms with Gasteiger partial charge in [-0.1, -0.05) is 53.3 Å². The van der Waals surface area contributed by atoms with Gasteiger partial charge in [0.15, 0.2) is 5.13 Å². The maximum atomic E-state index is 13.0. The van der Waals surface area contributed by atoms with Crippen LogP contribution < -0.4 is 5.32 Å². The zero-order chi connectivity index (χ0) is 22.3. The molecule has 1 amide bonds. The van der Waals surface area contributed by atoms with Gasteiger partial charge in [-0.2, -0.15) is 4.31 Å². The highest BCUT2D eigenvalue weighted by Crippen LogP contribution is 2.33. The Morgan fingerprint density at radius 3 is 2.69 bits per heavy atom. The Morgan fingerprint density at radius 2 is 1.88 bits per heavy atom. The highest BCUT2D eigenvalue weighted by atomic mass is 35.5. The Morgan fingerprint density at radius 1 is 1.09 bits per heavy atom. The van der Waals surface area contributed by atoms with Crippen LogP contribution in [0.25, 0.3) is 21.0 Å². The van der Waals surface area contributed by atoms with Crippen molar-refractivity contribution in [3.05, 3.63) is 65.7 Å². The fraction of sp³-hybridized carbons (Fsp3) is 0.217. The molecule has 9 heteroatoms. The van der Waals surface area contributed by atoms with Gasteiger partial charge in [0.2, 0.25) is 15.9 Å². The van der Waals surface area contributed by atoms with Crippen LogP contribution in [0.3, 0.4) is 0 Å². The number of amides is 1. The standard InChI is InChI=1S/C23H20ClN3O3S2/c24-17-8-10-18(11-9-17)32(29,30)27-13-3-5-16(14-27)22(28)26-23-25-20-12-7-15-4-1-2-6-19(15)21(20)31-23/h1-2,4,6-12,16H,3,5,13-14H2,(H,25,26,28). The molecular formula is C23H20ClN3O3S2. The molecule has 1 fully saturated rings. The summed E-state index contributed by atoms with van der Waals surface area (Å²) in [6, 6.07) is 18.1. The number of carbonyl (C=O) groups is 1. The van der Waals surface area contributed by atoms with E-state index in [-0.39, 0.29) is 17.3 Å². The smallest absolute Gasteiger partial charge is 0.243 e. The molecule has 2 heterocycles. The maximum Gasteiger partial charge on any atom is 0.243 e. The molecule has 0 radical (unpaired) electrons. The fourth-order valence-corrected chi connectivity index (χ4v) is 6.70. The van der Waals surface area contributed by atoms with E-state index in [0.717, 1.165) is 21.0 Å². The van der Waals surface area contributed by atoms with E-state index in [0.29, 0.717) is 29.5 Å². The number of nitrogens with one attached hydrogen (secondary N) is 1. The highest BCUT2D eigenvalue weighted by molar-refractivity contribution is 7.89. The lowest BCUT2D eigenvalue weighted by Crippen LogP contribution is -2.43. The Labute approximate surface area is 194 Å². The number of thiazole rings is 1. The van der Waals surface area contributed by atoms with Crippen molar-refractivity contribution in [3.8, 4) is 0 Å². The van der Waals surface area contributed by atoms with E-state index < -0.39 is 15.9 Å². The zero-order valence-electron chi connectivity index (χ0n) is 17.0. The summed E-state index contributed by atoms with van der Waals surface area (Å²) in [5.74, 6) is -0.640. The van der Waals surface area contributed by atoms with Crippen molar-refractivity contribution in [2.75, 3.05) is 18.4 Å². The second-order valence-corrected chi connectivity index (χ2v) is 11.2. The second kappa shape index (κ2) is 8.44. The van der Waals surface area contributed by atoms with Crippen molar-refractivity contribution in [1.29, 1.82) is 0 Å². The molecule has 4 aromatic rings. The van der Waals surface area contributed by atoms with Gasteiger partial charge in [0.25, 0.3) is 0 Å². The molecule has 1 aliphatic rings. The second-order valence-electron chi connectivity index (χ2n) is 7.80. The topological polar surface area (TPSA) is 79.4 Å². The molecule has 1 atom stereocenters. The third-order valence-electron chi connectivity index (χ3n) is 5.72. The first-order valence-electron chi connectivity index (χ1n) is 10.3. The van der Waals surface area contributed by atoms with Crippen LogP contribution in [0.15, 0.2) is 65.6 Å². The molecule has 1 aliphatic heterocycles. The lowest BCUT2D eigenvalue weighted by Gasteiger charge is -2.31. The van der Waals surface area contributed by atoms with E-state index in [9.17, 15) is 13.2 Å². The predicted octanol–water partition coefficient (Wildman–Crippen LogP) is 5.14. The molecule has 32 heavy (non-hydrogen) atoms. The SMILES string of the molecule is O=C(Nc1nc2ccc3ccccc3c2s1)C1CCCN(S(=O)(=O)c2ccc(Cl)cc2)C1. The zero-order valence-corrected chi connectivity index (χ0v) is 19.4. The van der Waals surface area contributed by atoms with E-state index in [2.05, 4.69) is 10.3 Å². The van der Waals surface area contributed by atoms with Crippen molar-refractivity contribution in [2.45, 2.75) is 17.7 Å². The minimum atomic E-state index is -3.68. The summed E-state index contributed by atoms with van der Waals surface area (Å²) >= 11 is 7.32. The lowest BCUT2D eigenvalue weighted by atomic mass is 9.99. The summed E-state index contributed by atoms with van der Waals surface area (Å²) < 4.78 is 28.4. The van der Waals surface area contributed by atoms with Crippen molar-refractivity contribution < 1.29 is 13.2 Å². The number of hydrogen-bond acceptors (Lipinski definition) is 5. The van der Waals surface area contributed by atoms with Crippen LogP contribution in [0, 0.1) is 5.92 Å². The number of hydrogen-bond donors (Lipinski definition) is 1. The predicted molar refractivity (Wildman–Crippen MR) is 129 cm³/mol. The number of aromatic nitrogens is 1. The van der Waals surface area contributed by atoms with E-state index in [1.54, 1.807) is 12.1 Å². The molecule has 5 rings (SSSR count). The minimum absolute atomic E-state index is 0.143. The monoisotopic (exact) mass is 485 g/mol. The van der Waals surface area contributed by atoms with Crippen LogP contribution in [0.5, 0.6) is 0 Å². The van der Waals surface area contributed by atoms with Gasteiger partial charge in [-0.25, -0.2) is 13.4 Å². The number of halogens is 1. The van der Waals surface area contributed by atoms with Crippen LogP contribution in [0.2, 0.25) is 5.02 Å². The quantitative estimate of drug-likeness (QED) is 0.434. The number of sulfonamides is 1. The molecule has 1 aromatic heterocycles. The summed E-state index contributed by atoms with van der Waals surface area (Å²) in [4.78, 5) is 17.7. The van der Waals surface area contributed by atoms with Crippen molar-refractivity contribution >= 4 is 65.0 Å². The molecule has 1 N–H and O–H groups in total. The Balaban J connectivity index is 1.34. The molecular weight excluding hydrogens is 466 g/mol. The van der Waals surface area contributed by atoms with Crippen molar-refractivity contribution in [2.24, 2.45) is 5.92 Å². The number of anilines is 1. The van der Waals surface area contributed by atoms with Crippen LogP contribution in [-0.2, 0) is 14.8 Å². The van der Waals surface area contributed by atoms with Gasteiger partial charge in [0.1, 0.15) is 0 Å². The number of carbonyl (C=O) groups excluding carboxylic acids is 1. The van der Waals surface area contributed by atoms with Gasteiger partial charge in [0.05, 0.1) is 21.0 Å². The van der Waals surface area contributed by atoms with Crippen LogP contribution in [0.1, 0.15) is 12.8 Å². The third kappa shape index (κ3) is 3.99. The summed E-state index contributed by atoms with van der Waals surface area (Å²) in [6.07, 6.45) is 1.25. The van der Waals surface area contributed by atoms with Crippen LogP contribution in [-0.4, -0.2) is 36.7 Å². The van der Waals surface area contributed by atoms with Crippen molar-refractivity contribution in [1.82, 2.24) is 9.29 Å². The molecule has 6 nitrogen and oxygen atoms in total. The van der Waals surface area contributed by atoms with Gasteiger partial charge in [-0.05, 0) is 48.6 Å². The molecule has 1 unspecified atom stereocenters. The molecule has 1 saturated heterocycles. The highest BCUT2D eigenvalue weighted by Gasteiger charge is 2.33. The molecule has 0 bridgehead atoms. The normalized spacial score (nSPS) is 17.6. The van der Waals surface area contributed by atoms with Crippen molar-refractivity contribution in [3.63, 3.8) is 0 Å². The molecule has 0 saturated carbocycles. The number of piperidine rings is 1. The average Bonchev–Trinajstić information content (AvgIpc) is 3.22. The molecule has 164 valence electrons. The van der Waals surface area contributed by atoms with Gasteiger partial charge in [-0.3, -0.25) is 4.79 Å². The first-order valence-corrected chi connectivity index (χ1v) is 12.9. The first kappa shape index (κ1) is 21.3. The van der Waals surface area contributed by atoms with Crippen LogP contribution >= 0.6 is 22.9 Å². The minimum Gasteiger partial charge on any atom is -0.302 e. The summed E-state index contributed by atoms with van der Waals surface area (Å²) in [5, 5.41) is 6.14. The third-order valence-corrected chi connectivity index (χ3v) is 8.87. The summed E-state index contributed by atoms with van der Waals surface area (Å²) in [5.41, 5.74) is 0.833. The number of fused-ring (bicyclic) bond motifs is 3. The summed E-state index contributed by atoms with van der Waals surface area (Å²) in [6.45, 7) is 0.534. The first-order chi connectivity index (χ1) is 15.4. The number of nitrogens with zero attached hydrogens (tertiary/aromatic N) is 2. The van der Waals surface area contributed by atoms with E-state index >= 15 is 0 Å². The summed E-state index contributed by atoms with van der Waals surface area (Å²) in [7, 11) is -3.68. The Hall–Kier alpha value is -2.52. The van der Waals surface area contributed by atoms with Crippen LogP contribution in [0.4, 0.5) is 5.13 Å². The van der Waals surface area contributed by atoms with E-state index in [1.165, 1.54) is 27.8 Å². The van der Waals surface area contributed by atoms with Gasteiger partial charge >= 0.3 is 0 Å².